The number of hydrogen-bond donors (Lipinski definition) is 4. The van der Waals surface area contributed by atoms with Crippen molar-refractivity contribution >= 4 is 0 Å². The van der Waals surface area contributed by atoms with Crippen LogP contribution < -0.4 is 5.73 Å². The fourth-order valence-electron chi connectivity index (χ4n) is 2.40. The van der Waals surface area contributed by atoms with Gasteiger partial charge in [0, 0.05) is 0 Å². The van der Waals surface area contributed by atoms with E-state index in [1.807, 2.05) is 0 Å². The molecule has 0 unspecified atom stereocenters. The van der Waals surface area contributed by atoms with E-state index in [0.717, 1.165) is 13.0 Å². The minimum absolute atomic E-state index is 0.319. The van der Waals surface area contributed by atoms with Gasteiger partial charge in [0.15, 0.2) is 0 Å². The molecule has 1 aliphatic rings. The molecule has 5 N–H and O–H groups in total. The van der Waals surface area contributed by atoms with E-state index in [-0.39, 0.29) is 5.56 Å². The number of alkyl halides is 3. The summed E-state index contributed by atoms with van der Waals surface area (Å²) >= 11 is 0. The fraction of sp³-hybridized carbons (Fsp3) is 0.538. The summed E-state index contributed by atoms with van der Waals surface area (Å²) in [6, 6.07) is 1.92. The summed E-state index contributed by atoms with van der Waals surface area (Å²) < 4.78 is 56.3. The molecule has 0 saturated carbocycles. The fourth-order valence-corrected chi connectivity index (χ4v) is 2.40. The number of nitrogens with two attached hydrogens (primary N) is 1. The zero-order valence-corrected chi connectivity index (χ0v) is 11.4. The van der Waals surface area contributed by atoms with Gasteiger partial charge in [0.25, 0.3) is 0 Å². The highest BCUT2D eigenvalue weighted by atomic mass is 19.4. The van der Waals surface area contributed by atoms with E-state index in [2.05, 4.69) is 0 Å². The molecule has 0 bridgehead atoms. The maximum absolute atomic E-state index is 13.2. The Balaban J connectivity index is 2.37. The number of hydrogen-bond acceptors (Lipinski definition) is 5. The molecule has 0 spiro atoms. The van der Waals surface area contributed by atoms with Crippen molar-refractivity contribution < 1.29 is 37.6 Å². The predicted molar refractivity (Wildman–Crippen MR) is 65.8 cm³/mol. The Morgan fingerprint density at radius 1 is 1.36 bits per heavy atom. The lowest BCUT2D eigenvalue weighted by atomic mass is 9.88. The molecule has 0 amide bonds. The molecule has 1 fully saturated rings. The number of aliphatic hydroxyl groups is 3. The molecule has 1 heterocycles. The summed E-state index contributed by atoms with van der Waals surface area (Å²) in [6.45, 7) is 1.13. The van der Waals surface area contributed by atoms with E-state index < -0.39 is 47.7 Å². The first-order valence-corrected chi connectivity index (χ1v) is 6.32. The molecule has 0 aliphatic carbocycles. The van der Waals surface area contributed by atoms with Gasteiger partial charge in [-0.3, -0.25) is 0 Å². The molecule has 0 radical (unpaired) electrons. The average Bonchev–Trinajstić information content (AvgIpc) is 2.60. The SMILES string of the molecule is C[C@@]1(O)[C@@H]([C@H](O)c2ccc(F)c(C(F)(F)F)c2)O[C@@H](N)[C@@H]1O. The molecule has 5 atom stereocenters. The highest BCUT2D eigenvalue weighted by Crippen LogP contribution is 2.39. The lowest BCUT2D eigenvalue weighted by Gasteiger charge is -2.30. The summed E-state index contributed by atoms with van der Waals surface area (Å²) in [5, 5.41) is 29.9. The van der Waals surface area contributed by atoms with Gasteiger partial charge in [0.05, 0.1) is 5.56 Å². The Bertz CT molecular complexity index is 563. The predicted octanol–water partition coefficient (Wildman–Crippen LogP) is 0.673. The summed E-state index contributed by atoms with van der Waals surface area (Å²) in [5.74, 6) is -1.49. The van der Waals surface area contributed by atoms with Gasteiger partial charge in [-0.15, -0.1) is 0 Å². The van der Waals surface area contributed by atoms with Gasteiger partial charge in [-0.2, -0.15) is 13.2 Å². The molecule has 1 aromatic carbocycles. The molecule has 22 heavy (non-hydrogen) atoms. The van der Waals surface area contributed by atoms with Gasteiger partial charge < -0.3 is 25.8 Å². The molecule has 1 aliphatic heterocycles. The number of benzene rings is 1. The molecular weight excluding hydrogens is 310 g/mol. The van der Waals surface area contributed by atoms with Gasteiger partial charge in [0.1, 0.15) is 36.0 Å². The number of ether oxygens (including phenoxy) is 1. The van der Waals surface area contributed by atoms with Crippen molar-refractivity contribution in [2.75, 3.05) is 0 Å². The van der Waals surface area contributed by atoms with E-state index in [0.29, 0.717) is 12.1 Å². The van der Waals surface area contributed by atoms with Crippen molar-refractivity contribution in [3.05, 3.63) is 35.1 Å². The maximum atomic E-state index is 13.2. The first-order valence-electron chi connectivity index (χ1n) is 6.32. The number of rotatable bonds is 2. The maximum Gasteiger partial charge on any atom is 0.419 e. The average molecular weight is 325 g/mol. The second-order valence-electron chi connectivity index (χ2n) is 5.37. The van der Waals surface area contributed by atoms with Crippen LogP contribution in [0.2, 0.25) is 0 Å². The van der Waals surface area contributed by atoms with Crippen LogP contribution in [-0.2, 0) is 10.9 Å². The lowest BCUT2D eigenvalue weighted by molar-refractivity contribution is -0.140. The highest BCUT2D eigenvalue weighted by molar-refractivity contribution is 5.30. The molecule has 1 saturated heterocycles. The first-order chi connectivity index (χ1) is 9.96. The van der Waals surface area contributed by atoms with Crippen LogP contribution in [0.5, 0.6) is 0 Å². The smallest absolute Gasteiger partial charge is 0.386 e. The van der Waals surface area contributed by atoms with Gasteiger partial charge in [-0.05, 0) is 24.6 Å². The molecular formula is C13H15F4NO4. The van der Waals surface area contributed by atoms with Crippen LogP contribution in [0.15, 0.2) is 18.2 Å². The minimum Gasteiger partial charge on any atom is -0.386 e. The Labute approximate surface area is 122 Å². The third kappa shape index (κ3) is 2.82. The van der Waals surface area contributed by atoms with Crippen LogP contribution in [0.1, 0.15) is 24.2 Å². The zero-order chi connectivity index (χ0) is 16.9. The Morgan fingerprint density at radius 3 is 2.41 bits per heavy atom. The number of aliphatic hydroxyl groups excluding tert-OH is 2. The van der Waals surface area contributed by atoms with Crippen LogP contribution in [0.4, 0.5) is 17.6 Å². The van der Waals surface area contributed by atoms with E-state index in [1.165, 1.54) is 0 Å². The van der Waals surface area contributed by atoms with Crippen molar-refractivity contribution in [2.45, 2.75) is 43.2 Å². The third-order valence-corrected chi connectivity index (χ3v) is 3.71. The molecule has 0 aromatic heterocycles. The van der Waals surface area contributed by atoms with Crippen molar-refractivity contribution in [1.82, 2.24) is 0 Å². The summed E-state index contributed by atoms with van der Waals surface area (Å²) in [6.07, 6.45) is -11.0. The Kier molecular flexibility index (Phi) is 4.22. The summed E-state index contributed by atoms with van der Waals surface area (Å²) in [7, 11) is 0. The van der Waals surface area contributed by atoms with Crippen LogP contribution in [-0.4, -0.2) is 39.4 Å². The van der Waals surface area contributed by atoms with Crippen molar-refractivity contribution in [2.24, 2.45) is 5.73 Å². The van der Waals surface area contributed by atoms with E-state index in [9.17, 15) is 32.9 Å². The van der Waals surface area contributed by atoms with Gasteiger partial charge >= 0.3 is 6.18 Å². The summed E-state index contributed by atoms with van der Waals surface area (Å²) in [4.78, 5) is 0. The Morgan fingerprint density at radius 2 is 1.95 bits per heavy atom. The van der Waals surface area contributed by atoms with E-state index in [1.54, 1.807) is 0 Å². The quantitative estimate of drug-likeness (QED) is 0.600. The molecule has 2 rings (SSSR count). The second kappa shape index (κ2) is 5.43. The van der Waals surface area contributed by atoms with Crippen LogP contribution in [0.25, 0.3) is 0 Å². The Hall–Kier alpha value is -1.26. The van der Waals surface area contributed by atoms with Crippen molar-refractivity contribution in [3.8, 4) is 0 Å². The standard InChI is InChI=1S/C13H15F4NO4/c1-12(21)9(20)11(18)22-10(12)8(19)5-2-3-7(14)6(4-5)13(15,16)17/h2-4,8-11,19-21H,18H2,1H3/t8-,9+,10-,11-,12+/m1/s1. The van der Waals surface area contributed by atoms with Crippen molar-refractivity contribution in [3.63, 3.8) is 0 Å². The normalized spacial score (nSPS) is 34.0. The van der Waals surface area contributed by atoms with Crippen molar-refractivity contribution in [1.29, 1.82) is 0 Å². The van der Waals surface area contributed by atoms with Crippen LogP contribution in [0.3, 0.4) is 0 Å². The summed E-state index contributed by atoms with van der Waals surface area (Å²) in [5.41, 5.74) is 1.55. The molecule has 124 valence electrons. The van der Waals surface area contributed by atoms with Crippen LogP contribution in [0, 0.1) is 5.82 Å². The largest absolute Gasteiger partial charge is 0.419 e. The highest BCUT2D eigenvalue weighted by Gasteiger charge is 2.54. The van der Waals surface area contributed by atoms with Crippen LogP contribution >= 0.6 is 0 Å². The first kappa shape index (κ1) is 17.1. The topological polar surface area (TPSA) is 95.9 Å². The molecule has 5 nitrogen and oxygen atoms in total. The monoisotopic (exact) mass is 325 g/mol. The lowest BCUT2D eigenvalue weighted by Crippen LogP contribution is -2.48. The van der Waals surface area contributed by atoms with E-state index >= 15 is 0 Å². The van der Waals surface area contributed by atoms with Gasteiger partial charge in [0.2, 0.25) is 0 Å². The zero-order valence-electron chi connectivity index (χ0n) is 11.4. The van der Waals surface area contributed by atoms with Gasteiger partial charge in [-0.25, -0.2) is 4.39 Å². The van der Waals surface area contributed by atoms with E-state index in [4.69, 9.17) is 10.5 Å². The third-order valence-electron chi connectivity index (χ3n) is 3.71. The molecule has 9 heteroatoms. The van der Waals surface area contributed by atoms with Gasteiger partial charge in [-0.1, -0.05) is 6.07 Å². The molecule has 1 aromatic rings. The second-order valence-corrected chi connectivity index (χ2v) is 5.37. The number of halogens is 4. The minimum atomic E-state index is -4.94.